The average molecular weight is 436 g/mol. The quantitative estimate of drug-likeness (QED) is 0.535. The number of likely N-dealkylation sites (tertiary alicyclic amines) is 2. The molecule has 2 aliphatic heterocycles. The molecular weight excluding hydrogens is 398 g/mol. The number of ether oxygens (including phenoxy) is 3. The number of hydrogen-bond donors (Lipinski definition) is 2. The number of hydrogen-bond acceptors (Lipinski definition) is 7. The normalized spacial score (nSPS) is 23.1. The first-order valence-electron chi connectivity index (χ1n) is 11.1. The number of rotatable bonds is 10. The van der Waals surface area contributed by atoms with E-state index in [0.717, 1.165) is 51.0 Å². The van der Waals surface area contributed by atoms with Gasteiger partial charge in [-0.05, 0) is 37.0 Å². The molecule has 0 aromatic heterocycles. The number of carbonyl (C=O) groups excluding carboxylic acids is 1. The highest BCUT2D eigenvalue weighted by Gasteiger charge is 2.38. The summed E-state index contributed by atoms with van der Waals surface area (Å²) in [5, 5.41) is 14.2. The molecule has 8 nitrogen and oxygen atoms in total. The van der Waals surface area contributed by atoms with E-state index >= 15 is 0 Å². The van der Waals surface area contributed by atoms with Gasteiger partial charge in [0.2, 0.25) is 5.91 Å². The maximum Gasteiger partial charge on any atom is 0.217 e. The average Bonchev–Trinajstić information content (AvgIpc) is 3.09. The van der Waals surface area contributed by atoms with Crippen LogP contribution in [0, 0.1) is 0 Å². The molecule has 0 aliphatic carbocycles. The summed E-state index contributed by atoms with van der Waals surface area (Å²) in [5.41, 5.74) is 0.444. The van der Waals surface area contributed by atoms with E-state index < -0.39 is 5.60 Å². The minimum Gasteiger partial charge on any atom is -0.493 e. The molecule has 0 bridgehead atoms. The molecule has 31 heavy (non-hydrogen) atoms. The predicted molar refractivity (Wildman–Crippen MR) is 118 cm³/mol. The van der Waals surface area contributed by atoms with Crippen LogP contribution in [0.4, 0.5) is 0 Å². The van der Waals surface area contributed by atoms with Crippen molar-refractivity contribution in [2.45, 2.75) is 44.4 Å². The zero-order valence-corrected chi connectivity index (χ0v) is 19.1. The smallest absolute Gasteiger partial charge is 0.217 e. The largest absolute Gasteiger partial charge is 0.493 e. The van der Waals surface area contributed by atoms with Crippen LogP contribution < -0.4 is 14.8 Å². The van der Waals surface area contributed by atoms with Crippen molar-refractivity contribution in [2.75, 3.05) is 60.2 Å². The van der Waals surface area contributed by atoms with E-state index in [0.29, 0.717) is 37.8 Å². The summed E-state index contributed by atoms with van der Waals surface area (Å²) in [4.78, 5) is 15.9. The van der Waals surface area contributed by atoms with E-state index in [9.17, 15) is 9.90 Å². The third-order valence-electron chi connectivity index (χ3n) is 6.10. The fourth-order valence-electron chi connectivity index (χ4n) is 4.57. The van der Waals surface area contributed by atoms with Gasteiger partial charge in [-0.25, -0.2) is 0 Å². The van der Waals surface area contributed by atoms with E-state index in [2.05, 4.69) is 15.1 Å². The van der Waals surface area contributed by atoms with Crippen LogP contribution in [0.5, 0.6) is 11.5 Å². The zero-order chi connectivity index (χ0) is 22.3. The molecular formula is C23H37N3O5. The molecule has 1 amide bonds. The van der Waals surface area contributed by atoms with Gasteiger partial charge >= 0.3 is 0 Å². The summed E-state index contributed by atoms with van der Waals surface area (Å²) in [5.74, 6) is 1.46. The third kappa shape index (κ3) is 7.07. The van der Waals surface area contributed by atoms with Gasteiger partial charge in [-0.1, -0.05) is 6.07 Å². The van der Waals surface area contributed by atoms with Crippen LogP contribution in [-0.4, -0.2) is 92.6 Å². The lowest BCUT2D eigenvalue weighted by molar-refractivity contribution is -0.120. The van der Waals surface area contributed by atoms with Crippen LogP contribution in [0.25, 0.3) is 0 Å². The zero-order valence-electron chi connectivity index (χ0n) is 19.1. The number of nitrogens with one attached hydrogen (secondary N) is 1. The molecule has 2 fully saturated rings. The Morgan fingerprint density at radius 3 is 2.61 bits per heavy atom. The molecule has 2 saturated heterocycles. The van der Waals surface area contributed by atoms with E-state index in [1.54, 1.807) is 21.1 Å². The van der Waals surface area contributed by atoms with Crippen LogP contribution in [0.15, 0.2) is 18.2 Å². The molecule has 1 aromatic rings. The summed E-state index contributed by atoms with van der Waals surface area (Å²) in [7, 11) is 3.29. The number of methoxy groups -OCH3 is 2. The van der Waals surface area contributed by atoms with Crippen molar-refractivity contribution < 1.29 is 24.1 Å². The molecule has 1 aromatic carbocycles. The van der Waals surface area contributed by atoms with E-state index in [4.69, 9.17) is 14.2 Å². The van der Waals surface area contributed by atoms with Gasteiger partial charge in [-0.15, -0.1) is 0 Å². The first-order valence-corrected chi connectivity index (χ1v) is 11.1. The summed E-state index contributed by atoms with van der Waals surface area (Å²) < 4.78 is 16.3. The molecule has 3 rings (SSSR count). The molecule has 1 atom stereocenters. The molecule has 174 valence electrons. The number of amides is 1. The highest BCUT2D eigenvalue weighted by atomic mass is 16.5. The second kappa shape index (κ2) is 11.1. The number of carbonyl (C=O) groups is 1. The molecule has 0 saturated carbocycles. The SMILES string of the molecule is COCCOc1cc(CN2CC[C@](O)(CN3CCC(NC(C)=O)CC3)C2)ccc1OC. The van der Waals surface area contributed by atoms with Gasteiger partial charge in [-0.3, -0.25) is 9.69 Å². The molecule has 0 spiro atoms. The lowest BCUT2D eigenvalue weighted by Crippen LogP contribution is -2.50. The fourth-order valence-corrected chi connectivity index (χ4v) is 4.57. The van der Waals surface area contributed by atoms with Gasteiger partial charge in [0.1, 0.15) is 6.61 Å². The number of nitrogens with zero attached hydrogens (tertiary/aromatic N) is 2. The minimum absolute atomic E-state index is 0.0364. The Morgan fingerprint density at radius 2 is 1.94 bits per heavy atom. The first kappa shape index (κ1) is 23.8. The second-order valence-electron chi connectivity index (χ2n) is 8.76. The Labute approximate surface area is 185 Å². The van der Waals surface area contributed by atoms with Crippen LogP contribution in [0.1, 0.15) is 31.7 Å². The number of piperidine rings is 1. The maximum absolute atomic E-state index is 11.2. The third-order valence-corrected chi connectivity index (χ3v) is 6.10. The van der Waals surface area contributed by atoms with Crippen LogP contribution in [0.2, 0.25) is 0 Å². The van der Waals surface area contributed by atoms with Crippen molar-refractivity contribution in [3.05, 3.63) is 23.8 Å². The molecule has 2 aliphatic rings. The highest BCUT2D eigenvalue weighted by molar-refractivity contribution is 5.73. The summed E-state index contributed by atoms with van der Waals surface area (Å²) in [6.07, 6.45) is 2.65. The van der Waals surface area contributed by atoms with E-state index in [1.165, 1.54) is 0 Å². The number of benzene rings is 1. The lowest BCUT2D eigenvalue weighted by atomic mass is 9.99. The van der Waals surface area contributed by atoms with Crippen molar-refractivity contribution in [1.29, 1.82) is 0 Å². The van der Waals surface area contributed by atoms with Crippen LogP contribution in [0.3, 0.4) is 0 Å². The maximum atomic E-state index is 11.2. The van der Waals surface area contributed by atoms with Crippen LogP contribution in [-0.2, 0) is 16.1 Å². The monoisotopic (exact) mass is 435 g/mol. The number of aliphatic hydroxyl groups is 1. The predicted octanol–water partition coefficient (Wildman–Crippen LogP) is 1.26. The Morgan fingerprint density at radius 1 is 1.16 bits per heavy atom. The van der Waals surface area contributed by atoms with Gasteiger partial charge in [0.05, 0.1) is 19.3 Å². The lowest BCUT2D eigenvalue weighted by Gasteiger charge is -2.36. The fraction of sp³-hybridized carbons (Fsp3) is 0.696. The molecule has 8 heteroatoms. The Balaban J connectivity index is 1.50. The van der Waals surface area contributed by atoms with E-state index in [1.807, 2.05) is 18.2 Å². The minimum atomic E-state index is -0.689. The number of β-amino-alcohol motifs (C(OH)–C–C–N with tert-alkyl or cyclic N) is 1. The van der Waals surface area contributed by atoms with Crippen molar-refractivity contribution in [3.63, 3.8) is 0 Å². The van der Waals surface area contributed by atoms with Crippen molar-refractivity contribution >= 4 is 5.91 Å². The first-order chi connectivity index (χ1) is 14.9. The molecule has 2 N–H and O–H groups in total. The Bertz CT molecular complexity index is 723. The van der Waals surface area contributed by atoms with Crippen molar-refractivity contribution in [1.82, 2.24) is 15.1 Å². The standard InChI is InChI=1S/C23H37N3O5/c1-18(27)24-20-6-9-25(10-7-20)16-23(28)8-11-26(17-23)15-19-4-5-21(30-3)22(14-19)31-13-12-29-2/h4-5,14,20,28H,6-13,15-17H2,1-3H3,(H,24,27)/t23-/m0/s1. The Hall–Kier alpha value is -1.87. The van der Waals surface area contributed by atoms with Gasteiger partial charge in [-0.2, -0.15) is 0 Å². The van der Waals surface area contributed by atoms with Gasteiger partial charge in [0, 0.05) is 59.3 Å². The summed E-state index contributed by atoms with van der Waals surface area (Å²) in [6.45, 7) is 7.35. The van der Waals surface area contributed by atoms with Gasteiger partial charge in [0.15, 0.2) is 11.5 Å². The van der Waals surface area contributed by atoms with Gasteiger partial charge in [0.25, 0.3) is 0 Å². The molecule has 2 heterocycles. The molecule has 0 unspecified atom stereocenters. The van der Waals surface area contributed by atoms with Crippen LogP contribution >= 0.6 is 0 Å². The summed E-state index contributed by atoms with van der Waals surface area (Å²) in [6, 6.07) is 6.25. The van der Waals surface area contributed by atoms with Gasteiger partial charge < -0.3 is 29.5 Å². The highest BCUT2D eigenvalue weighted by Crippen LogP contribution is 2.30. The molecule has 0 radical (unpaired) electrons. The topological polar surface area (TPSA) is 83.5 Å². The summed E-state index contributed by atoms with van der Waals surface area (Å²) >= 11 is 0. The Kier molecular flexibility index (Phi) is 8.54. The van der Waals surface area contributed by atoms with Crippen molar-refractivity contribution in [3.8, 4) is 11.5 Å². The second-order valence-corrected chi connectivity index (χ2v) is 8.76. The van der Waals surface area contributed by atoms with E-state index in [-0.39, 0.29) is 11.9 Å². The van der Waals surface area contributed by atoms with Crippen molar-refractivity contribution in [2.24, 2.45) is 0 Å².